The van der Waals surface area contributed by atoms with Crippen LogP contribution >= 0.6 is 0 Å². The number of aromatic hydroxyl groups is 1. The van der Waals surface area contributed by atoms with Crippen LogP contribution in [0.5, 0.6) is 17.2 Å². The third-order valence-corrected chi connectivity index (χ3v) is 5.04. The molecule has 2 aromatic carbocycles. The van der Waals surface area contributed by atoms with Crippen LogP contribution in [-0.2, 0) is 16.0 Å². The van der Waals surface area contributed by atoms with Crippen LogP contribution in [0.15, 0.2) is 30.3 Å². The van der Waals surface area contributed by atoms with Crippen LogP contribution in [0.2, 0.25) is 0 Å². The van der Waals surface area contributed by atoms with Gasteiger partial charge in [0.25, 0.3) is 0 Å². The molecule has 0 saturated carbocycles. The van der Waals surface area contributed by atoms with E-state index >= 15 is 0 Å². The number of carbonyl (C=O) groups excluding carboxylic acids is 1. The highest BCUT2D eigenvalue weighted by atomic mass is 19.1. The zero-order chi connectivity index (χ0) is 18.3. The normalized spacial score (nSPS) is 20.2. The smallest absolute Gasteiger partial charge is 0.306 e. The number of hydrogen-bond donors (Lipinski definition) is 1. The Morgan fingerprint density at radius 3 is 3.00 bits per heavy atom. The van der Waals surface area contributed by atoms with Crippen molar-refractivity contribution in [2.75, 3.05) is 13.7 Å². The summed E-state index contributed by atoms with van der Waals surface area (Å²) >= 11 is 0. The number of carbonyl (C=O) groups is 1. The highest BCUT2D eigenvalue weighted by molar-refractivity contribution is 5.71. The number of halogens is 1. The average Bonchev–Trinajstić information content (AvgIpc) is 3.23. The van der Waals surface area contributed by atoms with E-state index < -0.39 is 6.10 Å². The van der Waals surface area contributed by atoms with Crippen molar-refractivity contribution in [2.45, 2.75) is 31.3 Å². The lowest BCUT2D eigenvalue weighted by Crippen LogP contribution is -2.09. The minimum absolute atomic E-state index is 0.0342. The van der Waals surface area contributed by atoms with Crippen LogP contribution in [0.4, 0.5) is 4.39 Å². The molecule has 1 N–H and O–H groups in total. The zero-order valence-electron chi connectivity index (χ0n) is 14.3. The van der Waals surface area contributed by atoms with E-state index in [1.54, 1.807) is 12.1 Å². The van der Waals surface area contributed by atoms with Gasteiger partial charge in [-0.05, 0) is 31.0 Å². The van der Waals surface area contributed by atoms with E-state index in [2.05, 4.69) is 0 Å². The van der Waals surface area contributed by atoms with E-state index in [9.17, 15) is 14.3 Å². The first-order valence-electron chi connectivity index (χ1n) is 8.57. The lowest BCUT2D eigenvalue weighted by atomic mass is 9.98. The number of methoxy groups -OCH3 is 1. The number of esters is 1. The molecule has 1 heterocycles. The van der Waals surface area contributed by atoms with E-state index in [1.807, 2.05) is 6.07 Å². The van der Waals surface area contributed by atoms with Crippen molar-refractivity contribution in [3.8, 4) is 17.2 Å². The van der Waals surface area contributed by atoms with Crippen LogP contribution in [0, 0.1) is 5.82 Å². The minimum Gasteiger partial charge on any atom is -0.508 e. The number of benzene rings is 2. The molecule has 0 fully saturated rings. The van der Waals surface area contributed by atoms with Gasteiger partial charge in [0.05, 0.1) is 20.1 Å². The Hall–Kier alpha value is -2.76. The first-order chi connectivity index (χ1) is 12.6. The molecular weight excluding hydrogens is 339 g/mol. The molecule has 4 rings (SSSR count). The summed E-state index contributed by atoms with van der Waals surface area (Å²) < 4.78 is 30.6. The second-order valence-corrected chi connectivity index (χ2v) is 6.59. The molecular formula is C20H19FO5. The Morgan fingerprint density at radius 2 is 2.19 bits per heavy atom. The summed E-state index contributed by atoms with van der Waals surface area (Å²) in [5.74, 6) is 0.679. The number of fused-ring (bicyclic) bond motifs is 2. The summed E-state index contributed by atoms with van der Waals surface area (Å²) in [6.45, 7) is 0.419. The van der Waals surface area contributed by atoms with Gasteiger partial charge in [0.15, 0.2) is 0 Å². The van der Waals surface area contributed by atoms with Gasteiger partial charge < -0.3 is 19.3 Å². The molecule has 0 aromatic heterocycles. The van der Waals surface area contributed by atoms with Gasteiger partial charge in [-0.25, -0.2) is 4.39 Å². The van der Waals surface area contributed by atoms with E-state index in [0.717, 1.165) is 5.56 Å². The maximum Gasteiger partial charge on any atom is 0.306 e. The van der Waals surface area contributed by atoms with Gasteiger partial charge in [-0.3, -0.25) is 4.79 Å². The molecule has 0 amide bonds. The third kappa shape index (κ3) is 2.85. The predicted molar refractivity (Wildman–Crippen MR) is 91.1 cm³/mol. The molecule has 1 aliphatic carbocycles. The number of rotatable bonds is 4. The second kappa shape index (κ2) is 6.52. The molecule has 136 valence electrons. The Bertz CT molecular complexity index is 864. The summed E-state index contributed by atoms with van der Waals surface area (Å²) in [6, 6.07) is 8.09. The molecule has 5 nitrogen and oxygen atoms in total. The number of phenolic OH excluding ortho intramolecular Hbond substituents is 1. The zero-order valence-corrected chi connectivity index (χ0v) is 14.3. The van der Waals surface area contributed by atoms with Crippen molar-refractivity contribution in [3.63, 3.8) is 0 Å². The number of ether oxygens (including phenoxy) is 3. The predicted octanol–water partition coefficient (Wildman–Crippen LogP) is 3.64. The Kier molecular flexibility index (Phi) is 4.18. The maximum atomic E-state index is 14.2. The second-order valence-electron chi connectivity index (χ2n) is 6.59. The van der Waals surface area contributed by atoms with Crippen molar-refractivity contribution in [1.29, 1.82) is 0 Å². The summed E-state index contributed by atoms with van der Waals surface area (Å²) in [5.41, 5.74) is 1.99. The Morgan fingerprint density at radius 1 is 1.35 bits per heavy atom. The number of hydrogen-bond acceptors (Lipinski definition) is 5. The van der Waals surface area contributed by atoms with E-state index in [1.165, 1.54) is 19.2 Å². The van der Waals surface area contributed by atoms with Gasteiger partial charge >= 0.3 is 5.97 Å². The fourth-order valence-corrected chi connectivity index (χ4v) is 3.72. The van der Waals surface area contributed by atoms with E-state index in [0.29, 0.717) is 42.1 Å². The maximum absolute atomic E-state index is 14.2. The topological polar surface area (TPSA) is 65.0 Å². The lowest BCUT2D eigenvalue weighted by molar-refractivity contribution is -0.141. The summed E-state index contributed by atoms with van der Waals surface area (Å²) in [7, 11) is 1.37. The highest BCUT2D eigenvalue weighted by Crippen LogP contribution is 2.43. The van der Waals surface area contributed by atoms with E-state index in [-0.39, 0.29) is 29.9 Å². The molecule has 2 atom stereocenters. The van der Waals surface area contributed by atoms with Crippen LogP contribution < -0.4 is 9.47 Å². The molecule has 0 spiro atoms. The molecule has 0 bridgehead atoms. The first-order valence-corrected chi connectivity index (χ1v) is 8.57. The monoisotopic (exact) mass is 358 g/mol. The fourth-order valence-electron chi connectivity index (χ4n) is 3.72. The van der Waals surface area contributed by atoms with Gasteiger partial charge in [-0.1, -0.05) is 6.07 Å². The first kappa shape index (κ1) is 16.7. The van der Waals surface area contributed by atoms with Gasteiger partial charge in [-0.15, -0.1) is 0 Å². The lowest BCUT2D eigenvalue weighted by Gasteiger charge is -2.16. The molecule has 2 aliphatic rings. The van der Waals surface area contributed by atoms with Crippen molar-refractivity contribution >= 4 is 5.97 Å². The van der Waals surface area contributed by atoms with Crippen LogP contribution in [0.25, 0.3) is 0 Å². The SMILES string of the molecule is COC(=O)CC1COc2cc(OC3CCc4c(O)ccc(F)c43)ccc21. The van der Waals surface area contributed by atoms with Gasteiger partial charge in [0, 0.05) is 28.7 Å². The summed E-state index contributed by atoms with van der Waals surface area (Å²) in [6.07, 6.45) is 1.01. The molecule has 6 heteroatoms. The Labute approximate surface area is 150 Å². The Balaban J connectivity index is 1.54. The molecule has 1 aliphatic heterocycles. The van der Waals surface area contributed by atoms with Gasteiger partial charge in [-0.2, -0.15) is 0 Å². The molecule has 0 saturated heterocycles. The van der Waals surface area contributed by atoms with Crippen LogP contribution in [-0.4, -0.2) is 24.8 Å². The van der Waals surface area contributed by atoms with E-state index in [4.69, 9.17) is 14.2 Å². The van der Waals surface area contributed by atoms with Crippen LogP contribution in [0.3, 0.4) is 0 Å². The van der Waals surface area contributed by atoms with Crippen molar-refractivity contribution in [3.05, 3.63) is 52.8 Å². The fraction of sp³-hybridized carbons (Fsp3) is 0.350. The van der Waals surface area contributed by atoms with Gasteiger partial charge in [0.1, 0.15) is 29.2 Å². The van der Waals surface area contributed by atoms with Gasteiger partial charge in [0.2, 0.25) is 0 Å². The van der Waals surface area contributed by atoms with Crippen LogP contribution in [0.1, 0.15) is 41.6 Å². The summed E-state index contributed by atoms with van der Waals surface area (Å²) in [5, 5.41) is 9.91. The highest BCUT2D eigenvalue weighted by Gasteiger charge is 2.31. The van der Waals surface area contributed by atoms with Crippen molar-refractivity contribution in [2.24, 2.45) is 0 Å². The average molecular weight is 358 g/mol. The quantitative estimate of drug-likeness (QED) is 0.846. The summed E-state index contributed by atoms with van der Waals surface area (Å²) in [4.78, 5) is 11.5. The molecule has 2 aromatic rings. The minimum atomic E-state index is -0.442. The molecule has 0 radical (unpaired) electrons. The van der Waals surface area contributed by atoms with Crippen molar-refractivity contribution in [1.82, 2.24) is 0 Å². The van der Waals surface area contributed by atoms with Crippen molar-refractivity contribution < 1.29 is 28.5 Å². The third-order valence-electron chi connectivity index (χ3n) is 5.04. The number of phenols is 1. The largest absolute Gasteiger partial charge is 0.508 e. The molecule has 2 unspecified atom stereocenters. The molecule has 26 heavy (non-hydrogen) atoms. The standard InChI is InChI=1S/C20H19FO5/c1-24-19(23)8-11-10-25-18-9-12(2-3-13(11)18)26-17-7-4-14-16(22)6-5-15(21)20(14)17/h2-3,5-6,9,11,17,22H,4,7-8,10H2,1H3.